The van der Waals surface area contributed by atoms with Gasteiger partial charge in [0.1, 0.15) is 17.6 Å². The molecule has 23 heavy (non-hydrogen) atoms. The van der Waals surface area contributed by atoms with Crippen LogP contribution in [0.1, 0.15) is 36.0 Å². The zero-order valence-corrected chi connectivity index (χ0v) is 13.7. The highest BCUT2D eigenvalue weighted by molar-refractivity contribution is 5.97. The van der Waals surface area contributed by atoms with Gasteiger partial charge in [-0.1, -0.05) is 0 Å². The molecular weight excluding hydrogens is 292 g/mol. The number of nitrogens with zero attached hydrogens (tertiary/aromatic N) is 1. The Bertz CT molecular complexity index is 535. The number of hydrogen-bond donors (Lipinski definition) is 1. The maximum absolute atomic E-state index is 12.7. The molecule has 0 unspecified atom stereocenters. The summed E-state index contributed by atoms with van der Waals surface area (Å²) in [7, 11) is 1.60. The van der Waals surface area contributed by atoms with Crippen LogP contribution in [0.5, 0.6) is 11.5 Å². The van der Waals surface area contributed by atoms with E-state index < -0.39 is 0 Å². The number of likely N-dealkylation sites (tertiary alicyclic amines) is 1. The first kappa shape index (κ1) is 16.1. The number of ether oxygens (including phenoxy) is 2. The number of piperidine rings is 2. The van der Waals surface area contributed by atoms with Crippen molar-refractivity contribution in [1.29, 1.82) is 0 Å². The maximum Gasteiger partial charge on any atom is 0.257 e. The van der Waals surface area contributed by atoms with Crippen LogP contribution < -0.4 is 14.8 Å². The minimum Gasteiger partial charge on any atom is -0.496 e. The van der Waals surface area contributed by atoms with Crippen molar-refractivity contribution in [3.05, 3.63) is 30.2 Å². The van der Waals surface area contributed by atoms with Gasteiger partial charge >= 0.3 is 0 Å². The summed E-state index contributed by atoms with van der Waals surface area (Å²) >= 11 is 0. The molecule has 0 atom stereocenters. The molecule has 1 amide bonds. The number of methoxy groups -OCH3 is 1. The number of carbonyl (C=O) groups is 1. The zero-order chi connectivity index (χ0) is 16.1. The molecule has 0 spiro atoms. The molecule has 1 aromatic rings. The van der Waals surface area contributed by atoms with E-state index in [2.05, 4.69) is 11.7 Å². The molecular formula is C18H25N2O3. The van der Waals surface area contributed by atoms with Gasteiger partial charge in [-0.05, 0) is 57.3 Å². The second kappa shape index (κ2) is 7.68. The van der Waals surface area contributed by atoms with Crippen LogP contribution in [0.15, 0.2) is 18.2 Å². The molecule has 1 aromatic carbocycles. The van der Waals surface area contributed by atoms with E-state index in [0.29, 0.717) is 11.3 Å². The normalized spacial score (nSPS) is 19.4. The van der Waals surface area contributed by atoms with Gasteiger partial charge < -0.3 is 19.7 Å². The summed E-state index contributed by atoms with van der Waals surface area (Å²) in [5.74, 6) is 1.41. The maximum atomic E-state index is 12.7. The minimum atomic E-state index is 0.0448. The van der Waals surface area contributed by atoms with Crippen molar-refractivity contribution in [3.63, 3.8) is 0 Å². The number of amides is 1. The van der Waals surface area contributed by atoms with Gasteiger partial charge in [-0.15, -0.1) is 0 Å². The number of hydrogen-bond acceptors (Lipinski definition) is 4. The van der Waals surface area contributed by atoms with E-state index >= 15 is 0 Å². The molecule has 1 radical (unpaired) electrons. The lowest BCUT2D eigenvalue weighted by atomic mass is 10.1. The minimum absolute atomic E-state index is 0.0448. The van der Waals surface area contributed by atoms with E-state index in [1.165, 1.54) is 0 Å². The fraction of sp³-hybridized carbons (Fsp3) is 0.556. The summed E-state index contributed by atoms with van der Waals surface area (Å²) in [5, 5.41) is 3.33. The largest absolute Gasteiger partial charge is 0.496 e. The summed E-state index contributed by atoms with van der Waals surface area (Å²) in [4.78, 5) is 14.6. The predicted molar refractivity (Wildman–Crippen MR) is 89.0 cm³/mol. The average Bonchev–Trinajstić information content (AvgIpc) is 2.62. The SMILES string of the molecule is COc1cc(OC2CCNCC2)ccc1C(=O)N1CC[CH]CC1. The monoisotopic (exact) mass is 317 g/mol. The molecule has 125 valence electrons. The second-order valence-electron chi connectivity index (χ2n) is 6.09. The standard InChI is InChI=1S/C18H25N2O3/c1-22-17-13-15(23-14-7-9-19-10-8-14)5-6-16(17)18(21)20-11-3-2-4-12-20/h2,5-6,13-14,19H,3-4,7-12H2,1H3. The Morgan fingerprint density at radius 2 is 1.96 bits per heavy atom. The van der Waals surface area contributed by atoms with Gasteiger partial charge in [-0.25, -0.2) is 0 Å². The Labute approximate surface area is 137 Å². The van der Waals surface area contributed by atoms with Crippen LogP contribution in [0.4, 0.5) is 0 Å². The van der Waals surface area contributed by atoms with Crippen molar-refractivity contribution in [2.75, 3.05) is 33.3 Å². The van der Waals surface area contributed by atoms with Gasteiger partial charge in [0.15, 0.2) is 0 Å². The van der Waals surface area contributed by atoms with E-state index in [0.717, 1.165) is 57.6 Å². The van der Waals surface area contributed by atoms with Crippen LogP contribution in [0.25, 0.3) is 0 Å². The fourth-order valence-electron chi connectivity index (χ4n) is 3.15. The van der Waals surface area contributed by atoms with Crippen LogP contribution in [-0.2, 0) is 0 Å². The smallest absolute Gasteiger partial charge is 0.257 e. The number of carbonyl (C=O) groups excluding carboxylic acids is 1. The first-order valence-corrected chi connectivity index (χ1v) is 8.44. The second-order valence-corrected chi connectivity index (χ2v) is 6.09. The van der Waals surface area contributed by atoms with Crippen molar-refractivity contribution in [2.45, 2.75) is 31.8 Å². The van der Waals surface area contributed by atoms with Crippen molar-refractivity contribution in [2.24, 2.45) is 0 Å². The van der Waals surface area contributed by atoms with Crippen molar-refractivity contribution in [1.82, 2.24) is 10.2 Å². The molecule has 0 aliphatic carbocycles. The summed E-state index contributed by atoms with van der Waals surface area (Å²) in [6.45, 7) is 3.55. The number of benzene rings is 1. The Morgan fingerprint density at radius 1 is 1.22 bits per heavy atom. The van der Waals surface area contributed by atoms with Crippen LogP contribution in [0.2, 0.25) is 0 Å². The molecule has 2 aliphatic rings. The first-order chi connectivity index (χ1) is 11.3. The quantitative estimate of drug-likeness (QED) is 0.925. The average molecular weight is 317 g/mol. The lowest BCUT2D eigenvalue weighted by Gasteiger charge is -2.27. The lowest BCUT2D eigenvalue weighted by Crippen LogP contribution is -2.36. The zero-order valence-electron chi connectivity index (χ0n) is 13.7. The summed E-state index contributed by atoms with van der Waals surface area (Å²) in [6, 6.07) is 5.55. The van der Waals surface area contributed by atoms with Crippen molar-refractivity contribution < 1.29 is 14.3 Å². The predicted octanol–water partition coefficient (Wildman–Crippen LogP) is 2.27. The van der Waals surface area contributed by atoms with E-state index in [-0.39, 0.29) is 12.0 Å². The van der Waals surface area contributed by atoms with E-state index in [1.807, 2.05) is 23.1 Å². The summed E-state index contributed by atoms with van der Waals surface area (Å²) in [6.07, 6.45) is 6.41. The Kier molecular flexibility index (Phi) is 5.39. The van der Waals surface area contributed by atoms with Crippen molar-refractivity contribution in [3.8, 4) is 11.5 Å². The topological polar surface area (TPSA) is 50.8 Å². The van der Waals surface area contributed by atoms with Gasteiger partial charge in [-0.3, -0.25) is 4.79 Å². The van der Waals surface area contributed by atoms with Gasteiger partial charge in [0.05, 0.1) is 12.7 Å². The molecule has 0 aromatic heterocycles. The molecule has 2 fully saturated rings. The van der Waals surface area contributed by atoms with E-state index in [4.69, 9.17) is 9.47 Å². The third-order valence-electron chi connectivity index (χ3n) is 4.49. The molecule has 5 nitrogen and oxygen atoms in total. The Hall–Kier alpha value is -1.75. The van der Waals surface area contributed by atoms with E-state index in [9.17, 15) is 4.79 Å². The summed E-state index contributed by atoms with van der Waals surface area (Å²) in [5.41, 5.74) is 0.618. The molecule has 3 rings (SSSR count). The Morgan fingerprint density at radius 3 is 2.65 bits per heavy atom. The van der Waals surface area contributed by atoms with Crippen LogP contribution in [0.3, 0.4) is 0 Å². The highest BCUT2D eigenvalue weighted by Gasteiger charge is 2.22. The number of nitrogens with one attached hydrogen (secondary N) is 1. The number of rotatable bonds is 4. The lowest BCUT2D eigenvalue weighted by molar-refractivity contribution is 0.0738. The molecule has 1 N–H and O–H groups in total. The molecule has 0 bridgehead atoms. The third kappa shape index (κ3) is 3.96. The molecule has 2 aliphatic heterocycles. The van der Waals surface area contributed by atoms with Crippen LogP contribution in [-0.4, -0.2) is 50.2 Å². The van der Waals surface area contributed by atoms with Gasteiger partial charge in [0.25, 0.3) is 5.91 Å². The van der Waals surface area contributed by atoms with Crippen LogP contribution >= 0.6 is 0 Å². The first-order valence-electron chi connectivity index (χ1n) is 8.44. The Balaban J connectivity index is 1.72. The third-order valence-corrected chi connectivity index (χ3v) is 4.49. The van der Waals surface area contributed by atoms with Gasteiger partial charge in [0.2, 0.25) is 0 Å². The van der Waals surface area contributed by atoms with Gasteiger partial charge in [0, 0.05) is 19.2 Å². The molecule has 2 heterocycles. The molecule has 5 heteroatoms. The highest BCUT2D eigenvalue weighted by Crippen LogP contribution is 2.28. The van der Waals surface area contributed by atoms with E-state index in [1.54, 1.807) is 7.11 Å². The van der Waals surface area contributed by atoms with Crippen LogP contribution in [0, 0.1) is 6.42 Å². The molecule has 2 saturated heterocycles. The fourth-order valence-corrected chi connectivity index (χ4v) is 3.15. The molecule has 0 saturated carbocycles. The highest BCUT2D eigenvalue weighted by atomic mass is 16.5. The van der Waals surface area contributed by atoms with Crippen molar-refractivity contribution >= 4 is 5.91 Å². The summed E-state index contributed by atoms with van der Waals surface area (Å²) < 4.78 is 11.5. The van der Waals surface area contributed by atoms with Gasteiger partial charge in [-0.2, -0.15) is 0 Å².